The van der Waals surface area contributed by atoms with Gasteiger partial charge in [-0.15, -0.1) is 0 Å². The molecule has 2 aromatic carbocycles. The van der Waals surface area contributed by atoms with Crippen LogP contribution in [0.15, 0.2) is 48.7 Å². The number of aromatic nitrogens is 2. The number of carbonyl (C=O) groups excluding carboxylic acids is 1. The van der Waals surface area contributed by atoms with E-state index in [4.69, 9.17) is 34.8 Å². The second kappa shape index (κ2) is 7.44. The molecule has 8 heteroatoms. The zero-order valence-electron chi connectivity index (χ0n) is 12.6. The van der Waals surface area contributed by atoms with Gasteiger partial charge in [0.15, 0.2) is 0 Å². The lowest BCUT2D eigenvalue weighted by Crippen LogP contribution is -2.17. The Morgan fingerprint density at radius 2 is 1.96 bits per heavy atom. The van der Waals surface area contributed by atoms with Crippen LogP contribution in [-0.4, -0.2) is 15.7 Å². The van der Waals surface area contributed by atoms with E-state index in [1.54, 1.807) is 24.3 Å². The van der Waals surface area contributed by atoms with E-state index in [9.17, 15) is 9.18 Å². The molecule has 0 aliphatic rings. The molecule has 0 aliphatic carbocycles. The lowest BCUT2D eigenvalue weighted by molar-refractivity contribution is 0.102. The minimum absolute atomic E-state index is 0.152. The SMILES string of the molecule is O=C(Nc1ccnn1Cc1cccc(Cl)c1Cl)c1cc(Cl)ccc1F. The molecular formula is C17H11Cl3FN3O. The maximum Gasteiger partial charge on any atom is 0.259 e. The van der Waals surface area contributed by atoms with Crippen molar-refractivity contribution >= 4 is 46.5 Å². The number of carbonyl (C=O) groups is 1. The van der Waals surface area contributed by atoms with E-state index >= 15 is 0 Å². The summed E-state index contributed by atoms with van der Waals surface area (Å²) >= 11 is 18.0. The Kier molecular flexibility index (Phi) is 5.27. The van der Waals surface area contributed by atoms with E-state index in [1.165, 1.54) is 23.0 Å². The van der Waals surface area contributed by atoms with Crippen molar-refractivity contribution in [1.82, 2.24) is 9.78 Å². The van der Waals surface area contributed by atoms with Gasteiger partial charge in [-0.25, -0.2) is 9.07 Å². The molecule has 0 unspecified atom stereocenters. The van der Waals surface area contributed by atoms with Gasteiger partial charge in [0.05, 0.1) is 28.4 Å². The van der Waals surface area contributed by atoms with E-state index in [1.807, 2.05) is 0 Å². The van der Waals surface area contributed by atoms with Crippen LogP contribution in [0, 0.1) is 5.82 Å². The highest BCUT2D eigenvalue weighted by molar-refractivity contribution is 6.42. The van der Waals surface area contributed by atoms with Gasteiger partial charge in [0.25, 0.3) is 5.91 Å². The molecule has 25 heavy (non-hydrogen) atoms. The third kappa shape index (κ3) is 3.95. The Bertz CT molecular complexity index is 943. The van der Waals surface area contributed by atoms with Gasteiger partial charge in [-0.2, -0.15) is 5.10 Å². The van der Waals surface area contributed by atoms with Crippen molar-refractivity contribution in [1.29, 1.82) is 0 Å². The first-order chi connectivity index (χ1) is 12.0. The number of amides is 1. The van der Waals surface area contributed by atoms with Crippen molar-refractivity contribution in [2.75, 3.05) is 5.32 Å². The van der Waals surface area contributed by atoms with Crippen molar-refractivity contribution in [2.24, 2.45) is 0 Å². The Morgan fingerprint density at radius 1 is 1.16 bits per heavy atom. The van der Waals surface area contributed by atoms with E-state index in [2.05, 4.69) is 10.4 Å². The molecule has 0 fully saturated rings. The first kappa shape index (κ1) is 17.7. The zero-order valence-corrected chi connectivity index (χ0v) is 14.9. The van der Waals surface area contributed by atoms with Crippen LogP contribution in [0.4, 0.5) is 10.2 Å². The Balaban J connectivity index is 1.83. The minimum Gasteiger partial charge on any atom is -0.307 e. The molecule has 0 aliphatic heterocycles. The highest BCUT2D eigenvalue weighted by Gasteiger charge is 2.15. The lowest BCUT2D eigenvalue weighted by Gasteiger charge is -2.11. The third-order valence-electron chi connectivity index (χ3n) is 3.48. The number of nitrogens with one attached hydrogen (secondary N) is 1. The van der Waals surface area contributed by atoms with Crippen LogP contribution in [0.1, 0.15) is 15.9 Å². The van der Waals surface area contributed by atoms with Crippen LogP contribution in [0.25, 0.3) is 0 Å². The first-order valence-electron chi connectivity index (χ1n) is 7.17. The Hall–Kier alpha value is -2.08. The molecule has 0 saturated heterocycles. The summed E-state index contributed by atoms with van der Waals surface area (Å²) in [6.45, 7) is 0.292. The van der Waals surface area contributed by atoms with Gasteiger partial charge in [0, 0.05) is 11.1 Å². The normalized spacial score (nSPS) is 10.7. The molecule has 0 bridgehead atoms. The van der Waals surface area contributed by atoms with Crippen LogP contribution >= 0.6 is 34.8 Å². The second-order valence-electron chi connectivity index (χ2n) is 5.17. The smallest absolute Gasteiger partial charge is 0.259 e. The van der Waals surface area contributed by atoms with E-state index < -0.39 is 11.7 Å². The highest BCUT2D eigenvalue weighted by atomic mass is 35.5. The van der Waals surface area contributed by atoms with Crippen LogP contribution in [0.2, 0.25) is 15.1 Å². The molecule has 0 spiro atoms. The number of rotatable bonds is 4. The molecular weight excluding hydrogens is 388 g/mol. The van der Waals surface area contributed by atoms with Gasteiger partial charge in [0.2, 0.25) is 0 Å². The number of hydrogen-bond acceptors (Lipinski definition) is 2. The fourth-order valence-corrected chi connectivity index (χ4v) is 2.80. The highest BCUT2D eigenvalue weighted by Crippen LogP contribution is 2.27. The van der Waals surface area contributed by atoms with Crippen molar-refractivity contribution in [3.63, 3.8) is 0 Å². The first-order valence-corrected chi connectivity index (χ1v) is 8.30. The molecule has 4 nitrogen and oxygen atoms in total. The summed E-state index contributed by atoms with van der Waals surface area (Å²) in [5, 5.41) is 7.88. The predicted octanol–water partition coefficient (Wildman–Crippen LogP) is 5.28. The van der Waals surface area contributed by atoms with Gasteiger partial charge in [-0.05, 0) is 29.8 Å². The molecule has 1 amide bonds. The molecule has 0 radical (unpaired) electrons. The number of benzene rings is 2. The van der Waals surface area contributed by atoms with Gasteiger partial charge in [0.1, 0.15) is 11.6 Å². The molecule has 0 atom stereocenters. The van der Waals surface area contributed by atoms with E-state index in [0.717, 1.165) is 11.6 Å². The largest absolute Gasteiger partial charge is 0.307 e. The maximum atomic E-state index is 13.8. The number of anilines is 1. The van der Waals surface area contributed by atoms with Crippen molar-refractivity contribution in [3.05, 3.63) is 80.7 Å². The van der Waals surface area contributed by atoms with Gasteiger partial charge >= 0.3 is 0 Å². The predicted molar refractivity (Wildman–Crippen MR) is 97.2 cm³/mol. The van der Waals surface area contributed by atoms with Crippen molar-refractivity contribution in [2.45, 2.75) is 6.54 Å². The fraction of sp³-hybridized carbons (Fsp3) is 0.0588. The van der Waals surface area contributed by atoms with Gasteiger partial charge in [-0.3, -0.25) is 4.79 Å². The number of hydrogen-bond donors (Lipinski definition) is 1. The third-order valence-corrected chi connectivity index (χ3v) is 4.58. The molecule has 128 valence electrons. The minimum atomic E-state index is -0.661. The van der Waals surface area contributed by atoms with Crippen LogP contribution in [0.3, 0.4) is 0 Å². The summed E-state index contributed by atoms with van der Waals surface area (Å²) in [6.07, 6.45) is 1.52. The van der Waals surface area contributed by atoms with Gasteiger partial charge in [-0.1, -0.05) is 46.9 Å². The summed E-state index contributed by atoms with van der Waals surface area (Å²) in [6, 6.07) is 10.6. The summed E-state index contributed by atoms with van der Waals surface area (Å²) in [5.74, 6) is -0.898. The standard InChI is InChI=1S/C17H11Cl3FN3O/c18-11-4-5-14(21)12(8-11)17(25)23-15-6-7-22-24(15)9-10-2-1-3-13(19)16(10)20/h1-8H,9H2,(H,23,25). The summed E-state index contributed by atoms with van der Waals surface area (Å²) in [4.78, 5) is 12.3. The van der Waals surface area contributed by atoms with Crippen LogP contribution in [0.5, 0.6) is 0 Å². The van der Waals surface area contributed by atoms with Crippen LogP contribution in [-0.2, 0) is 6.54 Å². The van der Waals surface area contributed by atoms with E-state index in [-0.39, 0.29) is 10.6 Å². The average molecular weight is 399 g/mol. The van der Waals surface area contributed by atoms with Crippen LogP contribution < -0.4 is 5.32 Å². The molecule has 3 aromatic rings. The van der Waals surface area contributed by atoms with Gasteiger partial charge < -0.3 is 5.32 Å². The quantitative estimate of drug-likeness (QED) is 0.649. The zero-order chi connectivity index (χ0) is 18.0. The topological polar surface area (TPSA) is 46.9 Å². The molecule has 1 heterocycles. The monoisotopic (exact) mass is 397 g/mol. The lowest BCUT2D eigenvalue weighted by atomic mass is 10.2. The second-order valence-corrected chi connectivity index (χ2v) is 6.39. The fourth-order valence-electron chi connectivity index (χ4n) is 2.25. The number of halogens is 4. The molecule has 1 aromatic heterocycles. The van der Waals surface area contributed by atoms with Crippen molar-refractivity contribution in [3.8, 4) is 0 Å². The maximum absolute atomic E-state index is 13.8. The summed E-state index contributed by atoms with van der Waals surface area (Å²) in [5.41, 5.74) is 0.586. The Labute approximate surface area is 158 Å². The molecule has 0 saturated carbocycles. The van der Waals surface area contributed by atoms with E-state index in [0.29, 0.717) is 22.4 Å². The molecule has 3 rings (SSSR count). The Morgan fingerprint density at radius 3 is 2.76 bits per heavy atom. The average Bonchev–Trinajstić information content (AvgIpc) is 3.01. The summed E-state index contributed by atoms with van der Waals surface area (Å²) < 4.78 is 15.3. The number of nitrogens with zero attached hydrogens (tertiary/aromatic N) is 2. The van der Waals surface area contributed by atoms with Crippen molar-refractivity contribution < 1.29 is 9.18 Å². The molecule has 1 N–H and O–H groups in total. The summed E-state index contributed by atoms with van der Waals surface area (Å²) in [7, 11) is 0.